The molecule has 0 aliphatic rings. The van der Waals surface area contributed by atoms with Gasteiger partial charge in [0, 0.05) is 4.47 Å². The number of nitrogens with one attached hydrogen (secondary N) is 1. The third-order valence-electron chi connectivity index (χ3n) is 2.32. The molecule has 2 rings (SSSR count). The lowest BCUT2D eigenvalue weighted by Crippen LogP contribution is -2.13. The van der Waals surface area contributed by atoms with Crippen molar-refractivity contribution in [3.8, 4) is 0 Å². The van der Waals surface area contributed by atoms with Crippen LogP contribution in [0.5, 0.6) is 0 Å². The van der Waals surface area contributed by atoms with Crippen LogP contribution in [0, 0.1) is 5.82 Å². The molecule has 1 N–H and O–H groups in total. The van der Waals surface area contributed by atoms with Gasteiger partial charge in [-0.25, -0.2) is 4.39 Å². The van der Waals surface area contributed by atoms with Gasteiger partial charge in [-0.05, 0) is 40.2 Å². The highest BCUT2D eigenvalue weighted by molar-refractivity contribution is 9.10. The van der Waals surface area contributed by atoms with Crippen molar-refractivity contribution in [2.75, 3.05) is 5.32 Å². The molecule has 0 saturated heterocycles. The molecule has 92 valence electrons. The maximum atomic E-state index is 13.6. The summed E-state index contributed by atoms with van der Waals surface area (Å²) in [5.41, 5.74) is 0.486. The highest BCUT2D eigenvalue weighted by Crippen LogP contribution is 2.23. The van der Waals surface area contributed by atoms with E-state index in [-0.39, 0.29) is 10.7 Å². The molecule has 0 fully saturated rings. The van der Waals surface area contributed by atoms with Gasteiger partial charge in [-0.2, -0.15) is 0 Å². The van der Waals surface area contributed by atoms with Crippen LogP contribution in [0.3, 0.4) is 0 Å². The van der Waals surface area contributed by atoms with E-state index in [1.54, 1.807) is 30.3 Å². The van der Waals surface area contributed by atoms with Crippen molar-refractivity contribution in [1.82, 2.24) is 0 Å². The lowest BCUT2D eigenvalue weighted by molar-refractivity contribution is 0.102. The Balaban J connectivity index is 2.27. The molecule has 0 unspecified atom stereocenters. The molecule has 5 heteroatoms. The van der Waals surface area contributed by atoms with Gasteiger partial charge in [-0.1, -0.05) is 29.8 Å². The zero-order valence-electron chi connectivity index (χ0n) is 9.08. The fourth-order valence-corrected chi connectivity index (χ4v) is 2.07. The zero-order valence-corrected chi connectivity index (χ0v) is 11.4. The second-order valence-corrected chi connectivity index (χ2v) is 4.80. The minimum absolute atomic E-state index is 0.0278. The van der Waals surface area contributed by atoms with Gasteiger partial charge in [0.1, 0.15) is 0 Å². The molecule has 2 aromatic carbocycles. The molecule has 0 saturated carbocycles. The van der Waals surface area contributed by atoms with E-state index in [0.29, 0.717) is 10.0 Å². The fourth-order valence-electron chi connectivity index (χ4n) is 1.44. The second kappa shape index (κ2) is 5.50. The third-order valence-corrected chi connectivity index (χ3v) is 3.30. The van der Waals surface area contributed by atoms with Crippen molar-refractivity contribution in [3.05, 3.63) is 63.3 Å². The summed E-state index contributed by atoms with van der Waals surface area (Å²) in [7, 11) is 0. The van der Waals surface area contributed by atoms with Crippen LogP contribution in [0.1, 0.15) is 10.4 Å². The van der Waals surface area contributed by atoms with Crippen molar-refractivity contribution < 1.29 is 9.18 Å². The van der Waals surface area contributed by atoms with Crippen LogP contribution in [-0.4, -0.2) is 5.91 Å². The highest BCUT2D eigenvalue weighted by atomic mass is 79.9. The predicted molar refractivity (Wildman–Crippen MR) is 73.5 cm³/mol. The Morgan fingerprint density at radius 2 is 1.89 bits per heavy atom. The average Bonchev–Trinajstić information content (AvgIpc) is 2.35. The number of hydrogen-bond acceptors (Lipinski definition) is 1. The van der Waals surface area contributed by atoms with Crippen molar-refractivity contribution in [3.63, 3.8) is 0 Å². The van der Waals surface area contributed by atoms with E-state index < -0.39 is 11.7 Å². The van der Waals surface area contributed by atoms with Crippen molar-refractivity contribution in [2.24, 2.45) is 0 Å². The molecular formula is C13H8BrClFNO. The molecule has 0 aromatic heterocycles. The summed E-state index contributed by atoms with van der Waals surface area (Å²) in [6.07, 6.45) is 0. The number of benzene rings is 2. The van der Waals surface area contributed by atoms with Crippen LogP contribution in [0.25, 0.3) is 0 Å². The Morgan fingerprint density at radius 1 is 1.17 bits per heavy atom. The number of halogens is 3. The van der Waals surface area contributed by atoms with Gasteiger partial charge in [0.25, 0.3) is 5.91 Å². The molecule has 2 nitrogen and oxygen atoms in total. The summed E-state index contributed by atoms with van der Waals surface area (Å²) < 4.78 is 14.3. The summed E-state index contributed by atoms with van der Waals surface area (Å²) in [5, 5.41) is 2.45. The molecular weight excluding hydrogens is 321 g/mol. The first-order valence-corrected chi connectivity index (χ1v) is 6.26. The number of anilines is 1. The Morgan fingerprint density at radius 3 is 2.61 bits per heavy atom. The van der Waals surface area contributed by atoms with Gasteiger partial charge in [0.05, 0.1) is 16.3 Å². The maximum absolute atomic E-state index is 13.6. The summed E-state index contributed by atoms with van der Waals surface area (Å²) in [5.74, 6) is -1.04. The third kappa shape index (κ3) is 2.71. The standard InChI is InChI=1S/C13H8BrClFNO/c14-9-5-2-1-4-8(9)13(18)17-11-7-3-6-10(15)12(11)16/h1-7H,(H,17,18). The fraction of sp³-hybridized carbons (Fsp3) is 0. The van der Waals surface area contributed by atoms with Crippen molar-refractivity contribution in [2.45, 2.75) is 0 Å². The number of carbonyl (C=O) groups excluding carboxylic acids is 1. The van der Waals surface area contributed by atoms with Gasteiger partial charge in [-0.3, -0.25) is 4.79 Å². The van der Waals surface area contributed by atoms with E-state index in [2.05, 4.69) is 21.2 Å². The lowest BCUT2D eigenvalue weighted by atomic mass is 10.2. The van der Waals surface area contributed by atoms with Gasteiger partial charge in [0.2, 0.25) is 0 Å². The minimum Gasteiger partial charge on any atom is -0.319 e. The molecule has 1 amide bonds. The minimum atomic E-state index is -0.639. The van der Waals surface area contributed by atoms with Gasteiger partial charge >= 0.3 is 0 Å². The van der Waals surface area contributed by atoms with Crippen LogP contribution in [-0.2, 0) is 0 Å². The molecule has 18 heavy (non-hydrogen) atoms. The van der Waals surface area contributed by atoms with E-state index in [1.807, 2.05) is 0 Å². The van der Waals surface area contributed by atoms with Crippen LogP contribution < -0.4 is 5.32 Å². The Kier molecular flexibility index (Phi) is 3.99. The van der Waals surface area contributed by atoms with Crippen molar-refractivity contribution in [1.29, 1.82) is 0 Å². The topological polar surface area (TPSA) is 29.1 Å². The summed E-state index contributed by atoms with van der Waals surface area (Å²) in [6, 6.07) is 11.3. The first kappa shape index (κ1) is 13.1. The Labute approximate surface area is 117 Å². The average molecular weight is 329 g/mol. The molecule has 0 aliphatic carbocycles. The Bertz CT molecular complexity index is 603. The van der Waals surface area contributed by atoms with Gasteiger partial charge in [-0.15, -0.1) is 0 Å². The first-order chi connectivity index (χ1) is 8.59. The molecule has 0 heterocycles. The molecule has 0 spiro atoms. The number of carbonyl (C=O) groups is 1. The first-order valence-electron chi connectivity index (χ1n) is 5.09. The number of amides is 1. The molecule has 0 aliphatic heterocycles. The van der Waals surface area contributed by atoms with E-state index in [1.165, 1.54) is 12.1 Å². The van der Waals surface area contributed by atoms with E-state index in [4.69, 9.17) is 11.6 Å². The van der Waals surface area contributed by atoms with Crippen LogP contribution in [0.2, 0.25) is 5.02 Å². The summed E-state index contributed by atoms with van der Waals surface area (Å²) in [6.45, 7) is 0. The number of hydrogen-bond donors (Lipinski definition) is 1. The van der Waals surface area contributed by atoms with E-state index in [0.717, 1.165) is 0 Å². The second-order valence-electron chi connectivity index (χ2n) is 3.54. The zero-order chi connectivity index (χ0) is 13.1. The molecule has 0 atom stereocenters. The quantitative estimate of drug-likeness (QED) is 0.864. The van der Waals surface area contributed by atoms with Crippen molar-refractivity contribution >= 4 is 39.1 Å². The lowest BCUT2D eigenvalue weighted by Gasteiger charge is -2.08. The maximum Gasteiger partial charge on any atom is 0.256 e. The summed E-state index contributed by atoms with van der Waals surface area (Å²) >= 11 is 8.90. The molecule has 0 bridgehead atoms. The summed E-state index contributed by atoms with van der Waals surface area (Å²) in [4.78, 5) is 11.9. The smallest absolute Gasteiger partial charge is 0.256 e. The van der Waals surface area contributed by atoms with Crippen LogP contribution >= 0.6 is 27.5 Å². The monoisotopic (exact) mass is 327 g/mol. The van der Waals surface area contributed by atoms with Gasteiger partial charge in [0.15, 0.2) is 5.82 Å². The molecule has 0 radical (unpaired) electrons. The Hall–Kier alpha value is -1.39. The SMILES string of the molecule is O=C(Nc1cccc(Cl)c1F)c1ccccc1Br. The van der Waals surface area contributed by atoms with E-state index in [9.17, 15) is 9.18 Å². The number of rotatable bonds is 2. The van der Waals surface area contributed by atoms with Crippen LogP contribution in [0.4, 0.5) is 10.1 Å². The predicted octanol–water partition coefficient (Wildman–Crippen LogP) is 4.49. The van der Waals surface area contributed by atoms with E-state index >= 15 is 0 Å². The van der Waals surface area contributed by atoms with Gasteiger partial charge < -0.3 is 5.32 Å². The highest BCUT2D eigenvalue weighted by Gasteiger charge is 2.13. The van der Waals surface area contributed by atoms with Crippen LogP contribution in [0.15, 0.2) is 46.9 Å². The molecule has 2 aromatic rings. The normalized spacial score (nSPS) is 10.2. The largest absolute Gasteiger partial charge is 0.319 e.